The Bertz CT molecular complexity index is 795. The largest absolute Gasteiger partial charge is 1.00 e. The van der Waals surface area contributed by atoms with Crippen LogP contribution >= 0.6 is 0 Å². The molecule has 1 fully saturated rings. The Morgan fingerprint density at radius 2 is 1.68 bits per heavy atom. The number of carbonyl (C=O) groups is 1. The second-order valence-corrected chi connectivity index (χ2v) is 6.21. The molecule has 0 unspecified atom stereocenters. The number of rotatable bonds is 5. The maximum absolute atomic E-state index is 10.8. The molecular formula is C19H19NaO8. The van der Waals surface area contributed by atoms with Crippen molar-refractivity contribution < 1.29 is 69.4 Å². The van der Waals surface area contributed by atoms with Gasteiger partial charge in [-0.2, -0.15) is 0 Å². The summed E-state index contributed by atoms with van der Waals surface area (Å²) in [6.07, 6.45) is -6.83. The molecule has 1 heterocycles. The van der Waals surface area contributed by atoms with Gasteiger partial charge in [-0.05, 0) is 28.8 Å². The van der Waals surface area contributed by atoms with Gasteiger partial charge in [0.15, 0.2) is 0 Å². The molecule has 1 aliphatic heterocycles. The number of aliphatic hydroxyl groups is 4. The molecule has 4 N–H and O–H groups in total. The van der Waals surface area contributed by atoms with Gasteiger partial charge in [0.1, 0.15) is 30.2 Å². The van der Waals surface area contributed by atoms with E-state index in [-0.39, 0.29) is 35.1 Å². The van der Waals surface area contributed by atoms with Gasteiger partial charge in [0.25, 0.3) is 0 Å². The zero-order valence-electron chi connectivity index (χ0n) is 15.1. The van der Waals surface area contributed by atoms with Gasteiger partial charge in [-0.1, -0.05) is 36.4 Å². The number of hydrogen-bond donors (Lipinski definition) is 4. The van der Waals surface area contributed by atoms with E-state index in [4.69, 9.17) is 9.47 Å². The molecule has 0 radical (unpaired) electrons. The van der Waals surface area contributed by atoms with Gasteiger partial charge < -0.3 is 39.8 Å². The van der Waals surface area contributed by atoms with Gasteiger partial charge in [-0.25, -0.2) is 0 Å². The Morgan fingerprint density at radius 3 is 2.29 bits per heavy atom. The summed E-state index contributed by atoms with van der Waals surface area (Å²) < 4.78 is 10.9. The fraction of sp³-hybridized carbons (Fsp3) is 0.316. The van der Waals surface area contributed by atoms with E-state index in [2.05, 4.69) is 0 Å². The monoisotopic (exact) mass is 398 g/mol. The van der Waals surface area contributed by atoms with Crippen LogP contribution in [0.5, 0.6) is 5.75 Å². The zero-order valence-corrected chi connectivity index (χ0v) is 17.1. The van der Waals surface area contributed by atoms with E-state index < -0.39 is 43.3 Å². The minimum absolute atomic E-state index is 0. The number of hydrogen-bond acceptors (Lipinski definition) is 8. The van der Waals surface area contributed by atoms with Crippen LogP contribution in [-0.2, 0) is 4.74 Å². The molecule has 28 heavy (non-hydrogen) atoms. The SMILES string of the molecule is O=C([O-])c1ccc(-c2cccc(O[C@@H]3O[C@H](CO)[C@@H](O)[C@H](O)[C@@H]3O)c2)cc1.[Na+]. The van der Waals surface area contributed by atoms with Crippen LogP contribution in [0, 0.1) is 0 Å². The summed E-state index contributed by atoms with van der Waals surface area (Å²) in [5, 5.41) is 49.7. The number of benzene rings is 2. The molecule has 0 bridgehead atoms. The first kappa shape index (κ1) is 22.8. The van der Waals surface area contributed by atoms with E-state index in [0.717, 1.165) is 11.1 Å². The average molecular weight is 398 g/mol. The van der Waals surface area contributed by atoms with Crippen LogP contribution in [0.4, 0.5) is 0 Å². The van der Waals surface area contributed by atoms with Crippen molar-refractivity contribution >= 4 is 5.97 Å². The van der Waals surface area contributed by atoms with Gasteiger partial charge in [-0.15, -0.1) is 0 Å². The van der Waals surface area contributed by atoms with Crippen LogP contribution in [0.25, 0.3) is 11.1 Å². The second-order valence-electron chi connectivity index (χ2n) is 6.21. The van der Waals surface area contributed by atoms with Crippen LogP contribution in [-0.4, -0.2) is 63.7 Å². The normalized spacial score (nSPS) is 26.9. The molecule has 2 aromatic rings. The Morgan fingerprint density at radius 1 is 1.00 bits per heavy atom. The predicted molar refractivity (Wildman–Crippen MR) is 90.6 cm³/mol. The molecule has 0 spiro atoms. The Kier molecular flexibility index (Phi) is 7.99. The topological polar surface area (TPSA) is 140 Å². The van der Waals surface area contributed by atoms with Gasteiger partial charge in [-0.3, -0.25) is 0 Å². The third-order valence-electron chi connectivity index (χ3n) is 4.39. The van der Waals surface area contributed by atoms with E-state index in [0.29, 0.717) is 5.75 Å². The smallest absolute Gasteiger partial charge is 0.545 e. The molecule has 2 aromatic carbocycles. The molecular weight excluding hydrogens is 379 g/mol. The fourth-order valence-corrected chi connectivity index (χ4v) is 2.85. The number of aromatic carboxylic acids is 1. The minimum atomic E-state index is -1.53. The summed E-state index contributed by atoms with van der Waals surface area (Å²) in [6, 6.07) is 12.8. The van der Waals surface area contributed by atoms with E-state index >= 15 is 0 Å². The number of carbonyl (C=O) groups excluding carboxylic acids is 1. The summed E-state index contributed by atoms with van der Waals surface area (Å²) in [5.41, 5.74) is 1.52. The van der Waals surface area contributed by atoms with Crippen molar-refractivity contribution in [2.24, 2.45) is 0 Å². The average Bonchev–Trinajstić information content (AvgIpc) is 2.68. The van der Waals surface area contributed by atoms with Crippen LogP contribution in [0.3, 0.4) is 0 Å². The van der Waals surface area contributed by atoms with Crippen molar-refractivity contribution in [3.63, 3.8) is 0 Å². The minimum Gasteiger partial charge on any atom is -0.545 e. The van der Waals surface area contributed by atoms with Crippen molar-refractivity contribution in [2.75, 3.05) is 6.61 Å². The van der Waals surface area contributed by atoms with Crippen molar-refractivity contribution in [2.45, 2.75) is 30.7 Å². The van der Waals surface area contributed by atoms with E-state index in [9.17, 15) is 30.3 Å². The van der Waals surface area contributed by atoms with Crippen LogP contribution in [0.2, 0.25) is 0 Å². The Balaban J connectivity index is 0.00000280. The van der Waals surface area contributed by atoms with Crippen molar-refractivity contribution in [3.05, 3.63) is 54.1 Å². The molecule has 5 atom stereocenters. The molecule has 3 rings (SSSR count). The van der Waals surface area contributed by atoms with Crippen molar-refractivity contribution in [3.8, 4) is 16.9 Å². The van der Waals surface area contributed by atoms with Crippen LogP contribution < -0.4 is 39.4 Å². The van der Waals surface area contributed by atoms with Gasteiger partial charge in [0.2, 0.25) is 6.29 Å². The predicted octanol–water partition coefficient (Wildman–Crippen LogP) is -4.10. The summed E-state index contributed by atoms with van der Waals surface area (Å²) in [6.45, 7) is -0.546. The quantitative estimate of drug-likeness (QED) is 0.373. The van der Waals surface area contributed by atoms with Gasteiger partial charge in [0, 0.05) is 0 Å². The van der Waals surface area contributed by atoms with E-state index in [1.54, 1.807) is 36.4 Å². The summed E-state index contributed by atoms with van der Waals surface area (Å²) in [5.74, 6) is -0.943. The van der Waals surface area contributed by atoms with Gasteiger partial charge >= 0.3 is 29.6 Å². The van der Waals surface area contributed by atoms with Crippen LogP contribution in [0.1, 0.15) is 10.4 Å². The number of carboxylic acid groups (broad SMARTS) is 1. The molecule has 1 aliphatic rings. The van der Waals surface area contributed by atoms with E-state index in [1.165, 1.54) is 12.1 Å². The molecule has 0 saturated carbocycles. The molecule has 0 aromatic heterocycles. The summed E-state index contributed by atoms with van der Waals surface area (Å²) in [4.78, 5) is 10.8. The summed E-state index contributed by atoms with van der Waals surface area (Å²) in [7, 11) is 0. The number of ether oxygens (including phenoxy) is 2. The maximum Gasteiger partial charge on any atom is 1.00 e. The van der Waals surface area contributed by atoms with Gasteiger partial charge in [0.05, 0.1) is 12.6 Å². The third kappa shape index (κ3) is 4.91. The third-order valence-corrected chi connectivity index (χ3v) is 4.39. The molecule has 0 aliphatic carbocycles. The second kappa shape index (κ2) is 9.82. The first-order valence-electron chi connectivity index (χ1n) is 8.29. The molecule has 9 heteroatoms. The van der Waals surface area contributed by atoms with Crippen molar-refractivity contribution in [1.29, 1.82) is 0 Å². The molecule has 1 saturated heterocycles. The Hall–Kier alpha value is -1.49. The summed E-state index contributed by atoms with van der Waals surface area (Å²) >= 11 is 0. The maximum atomic E-state index is 10.8. The van der Waals surface area contributed by atoms with Crippen LogP contribution in [0.15, 0.2) is 48.5 Å². The number of aliphatic hydroxyl groups excluding tert-OH is 4. The Labute approximate surface area is 183 Å². The first-order chi connectivity index (χ1) is 12.9. The molecule has 8 nitrogen and oxygen atoms in total. The van der Waals surface area contributed by atoms with Crippen molar-refractivity contribution in [1.82, 2.24) is 0 Å². The number of carboxylic acids is 1. The standard InChI is InChI=1S/C19H20O8.Na/c20-9-14-15(21)16(22)17(23)19(27-14)26-13-3-1-2-12(8-13)10-4-6-11(7-5-10)18(24)25;/h1-8,14-17,19-23H,9H2,(H,24,25);/q;+1/p-1/t14-,15-,16+,17+,19-;/m1./s1. The molecule has 144 valence electrons. The first-order valence-corrected chi connectivity index (χ1v) is 8.29. The fourth-order valence-electron chi connectivity index (χ4n) is 2.85. The molecule has 0 amide bonds. The zero-order chi connectivity index (χ0) is 19.6. The van der Waals surface area contributed by atoms with E-state index in [1.807, 2.05) is 0 Å².